The lowest BCUT2D eigenvalue weighted by atomic mass is 10.1. The highest BCUT2D eigenvalue weighted by atomic mass is 35.5. The Hall–Kier alpha value is -2.62. The van der Waals surface area contributed by atoms with Gasteiger partial charge < -0.3 is 15.4 Å². The molecule has 0 aliphatic carbocycles. The minimum Gasteiger partial charge on any atom is -0.383 e. The first kappa shape index (κ1) is 22.7. The molecule has 0 bridgehead atoms. The van der Waals surface area contributed by atoms with Crippen LogP contribution in [0.1, 0.15) is 20.7 Å². The van der Waals surface area contributed by atoms with E-state index in [0.717, 1.165) is 10.6 Å². The molecule has 0 heterocycles. The predicted octanol–water partition coefficient (Wildman–Crippen LogP) is 2.36. The van der Waals surface area contributed by atoms with Crippen molar-refractivity contribution >= 4 is 44.8 Å². The van der Waals surface area contributed by atoms with Crippen molar-refractivity contribution in [1.82, 2.24) is 5.32 Å². The summed E-state index contributed by atoms with van der Waals surface area (Å²) in [6, 6.07) is 10.9. The molecule has 2 aromatic carbocycles. The molecule has 2 amide bonds. The van der Waals surface area contributed by atoms with Crippen molar-refractivity contribution in [2.75, 3.05) is 43.2 Å². The highest BCUT2D eigenvalue weighted by Crippen LogP contribution is 2.26. The van der Waals surface area contributed by atoms with Gasteiger partial charge in [0.2, 0.25) is 10.0 Å². The Morgan fingerprint density at radius 1 is 1.10 bits per heavy atom. The van der Waals surface area contributed by atoms with Crippen LogP contribution in [0.15, 0.2) is 42.5 Å². The molecule has 0 unspecified atom stereocenters. The van der Waals surface area contributed by atoms with Gasteiger partial charge in [0.15, 0.2) is 0 Å². The fourth-order valence-electron chi connectivity index (χ4n) is 2.42. The van der Waals surface area contributed by atoms with Gasteiger partial charge in [0, 0.05) is 20.7 Å². The molecule has 8 nitrogen and oxygen atoms in total. The van der Waals surface area contributed by atoms with Gasteiger partial charge in [-0.25, -0.2) is 8.42 Å². The molecule has 2 rings (SSSR count). The van der Waals surface area contributed by atoms with Gasteiger partial charge in [-0.3, -0.25) is 13.9 Å². The van der Waals surface area contributed by atoms with E-state index in [1.54, 1.807) is 24.3 Å². The molecular weight excluding hydrogens is 418 g/mol. The molecule has 2 N–H and O–H groups in total. The minimum atomic E-state index is -3.46. The van der Waals surface area contributed by atoms with Crippen LogP contribution in [-0.2, 0) is 14.8 Å². The Morgan fingerprint density at radius 3 is 2.41 bits per heavy atom. The van der Waals surface area contributed by atoms with Crippen LogP contribution in [0.25, 0.3) is 0 Å². The summed E-state index contributed by atoms with van der Waals surface area (Å²) in [7, 11) is -0.540. The van der Waals surface area contributed by atoms with Crippen LogP contribution >= 0.6 is 11.6 Å². The summed E-state index contributed by atoms with van der Waals surface area (Å²) >= 11 is 6.20. The Balaban J connectivity index is 2.22. The van der Waals surface area contributed by atoms with Crippen LogP contribution in [0.2, 0.25) is 5.02 Å². The molecule has 0 aliphatic heterocycles. The fraction of sp³-hybridized carbons (Fsp3) is 0.263. The molecule has 0 saturated heterocycles. The molecule has 0 atom stereocenters. The van der Waals surface area contributed by atoms with E-state index in [9.17, 15) is 18.0 Å². The van der Waals surface area contributed by atoms with Crippen molar-refractivity contribution in [2.45, 2.75) is 0 Å². The SMILES string of the molecule is COCCNC(=O)c1ccccc1NC(=O)c1ccc(N(C)S(C)(=O)=O)cc1Cl. The average Bonchev–Trinajstić information content (AvgIpc) is 2.67. The molecular formula is C19H22ClN3O5S. The molecule has 10 heteroatoms. The smallest absolute Gasteiger partial charge is 0.257 e. The van der Waals surface area contributed by atoms with Crippen molar-refractivity contribution in [3.8, 4) is 0 Å². The number of halogens is 1. The first-order valence-corrected chi connectivity index (χ1v) is 10.8. The predicted molar refractivity (Wildman–Crippen MR) is 113 cm³/mol. The van der Waals surface area contributed by atoms with Crippen molar-refractivity contribution < 1.29 is 22.7 Å². The zero-order chi connectivity index (χ0) is 21.6. The number of amides is 2. The van der Waals surface area contributed by atoms with Crippen LogP contribution in [0.4, 0.5) is 11.4 Å². The molecule has 2 aromatic rings. The van der Waals surface area contributed by atoms with Crippen LogP contribution in [-0.4, -0.2) is 53.8 Å². The summed E-state index contributed by atoms with van der Waals surface area (Å²) in [5.74, 6) is -0.880. The molecule has 0 spiro atoms. The number of hydrogen-bond donors (Lipinski definition) is 2. The van der Waals surface area contributed by atoms with Gasteiger partial charge >= 0.3 is 0 Å². The maximum absolute atomic E-state index is 12.7. The first-order chi connectivity index (χ1) is 13.6. The molecule has 0 fully saturated rings. The average molecular weight is 440 g/mol. The second-order valence-electron chi connectivity index (χ2n) is 6.14. The van der Waals surface area contributed by atoms with E-state index >= 15 is 0 Å². The minimum absolute atomic E-state index is 0.0810. The number of carbonyl (C=O) groups excluding carboxylic acids is 2. The second kappa shape index (κ2) is 9.73. The van der Waals surface area contributed by atoms with Crippen LogP contribution in [0, 0.1) is 0 Å². The van der Waals surface area contributed by atoms with E-state index in [1.165, 1.54) is 32.4 Å². The summed E-state index contributed by atoms with van der Waals surface area (Å²) in [5, 5.41) is 5.45. The maximum Gasteiger partial charge on any atom is 0.257 e. The number of hydrogen-bond acceptors (Lipinski definition) is 5. The largest absolute Gasteiger partial charge is 0.383 e. The topological polar surface area (TPSA) is 105 Å². The quantitative estimate of drug-likeness (QED) is 0.614. The highest BCUT2D eigenvalue weighted by Gasteiger charge is 2.18. The van der Waals surface area contributed by atoms with E-state index in [-0.39, 0.29) is 16.5 Å². The fourth-order valence-corrected chi connectivity index (χ4v) is 3.17. The summed E-state index contributed by atoms with van der Waals surface area (Å²) in [6.45, 7) is 0.697. The van der Waals surface area contributed by atoms with Crippen molar-refractivity contribution in [1.29, 1.82) is 0 Å². The molecule has 0 aliphatic rings. The molecule has 29 heavy (non-hydrogen) atoms. The van der Waals surface area contributed by atoms with Gasteiger partial charge in [0.25, 0.3) is 11.8 Å². The van der Waals surface area contributed by atoms with Gasteiger partial charge in [0.1, 0.15) is 0 Å². The highest BCUT2D eigenvalue weighted by molar-refractivity contribution is 7.92. The number of carbonyl (C=O) groups is 2. The third kappa shape index (κ3) is 5.93. The number of rotatable bonds is 8. The lowest BCUT2D eigenvalue weighted by Gasteiger charge is -2.18. The first-order valence-electron chi connectivity index (χ1n) is 8.56. The van der Waals surface area contributed by atoms with Crippen molar-refractivity contribution in [2.24, 2.45) is 0 Å². The van der Waals surface area contributed by atoms with E-state index in [2.05, 4.69) is 10.6 Å². The van der Waals surface area contributed by atoms with E-state index in [1.807, 2.05) is 0 Å². The van der Waals surface area contributed by atoms with Crippen molar-refractivity contribution in [3.05, 3.63) is 58.6 Å². The zero-order valence-electron chi connectivity index (χ0n) is 16.2. The summed E-state index contributed by atoms with van der Waals surface area (Å²) in [6.07, 6.45) is 1.07. The molecule has 0 aromatic heterocycles. The maximum atomic E-state index is 12.7. The number of ether oxygens (including phenoxy) is 1. The van der Waals surface area contributed by atoms with Crippen LogP contribution < -0.4 is 14.9 Å². The molecule has 0 radical (unpaired) electrons. The summed E-state index contributed by atoms with van der Waals surface area (Å²) in [5.41, 5.74) is 1.08. The number of anilines is 2. The third-order valence-corrected chi connectivity index (χ3v) is 5.59. The molecule has 0 saturated carbocycles. The third-order valence-electron chi connectivity index (χ3n) is 4.07. The number of nitrogens with zero attached hydrogens (tertiary/aromatic N) is 1. The number of methoxy groups -OCH3 is 1. The van der Waals surface area contributed by atoms with E-state index < -0.39 is 15.9 Å². The van der Waals surface area contributed by atoms with Crippen LogP contribution in [0.5, 0.6) is 0 Å². The summed E-state index contributed by atoms with van der Waals surface area (Å²) < 4.78 is 29.3. The Labute approximate surface area is 174 Å². The van der Waals surface area contributed by atoms with Crippen LogP contribution in [0.3, 0.4) is 0 Å². The zero-order valence-corrected chi connectivity index (χ0v) is 17.8. The van der Waals surface area contributed by atoms with Gasteiger partial charge in [-0.15, -0.1) is 0 Å². The Morgan fingerprint density at radius 2 is 1.79 bits per heavy atom. The van der Waals surface area contributed by atoms with Gasteiger partial charge in [0.05, 0.1) is 40.4 Å². The standard InChI is InChI=1S/C19H22ClN3O5S/c1-23(29(3,26)27)13-8-9-14(16(20)12-13)19(25)22-17-7-5-4-6-15(17)18(24)21-10-11-28-2/h4-9,12H,10-11H2,1-3H3,(H,21,24)(H,22,25). The number of para-hydroxylation sites is 1. The van der Waals surface area contributed by atoms with E-state index in [4.69, 9.17) is 16.3 Å². The number of nitrogens with one attached hydrogen (secondary N) is 2. The monoisotopic (exact) mass is 439 g/mol. The Kier molecular flexibility index (Phi) is 7.60. The molecule has 156 valence electrons. The summed E-state index contributed by atoms with van der Waals surface area (Å²) in [4.78, 5) is 25.0. The van der Waals surface area contributed by atoms with Gasteiger partial charge in [-0.05, 0) is 30.3 Å². The van der Waals surface area contributed by atoms with Gasteiger partial charge in [-0.2, -0.15) is 0 Å². The van der Waals surface area contributed by atoms with Gasteiger partial charge in [-0.1, -0.05) is 23.7 Å². The second-order valence-corrected chi connectivity index (χ2v) is 8.56. The number of sulfonamides is 1. The Bertz CT molecular complexity index is 1010. The number of benzene rings is 2. The van der Waals surface area contributed by atoms with E-state index in [0.29, 0.717) is 30.1 Å². The lowest BCUT2D eigenvalue weighted by molar-refractivity contribution is 0.0938. The lowest BCUT2D eigenvalue weighted by Crippen LogP contribution is -2.28. The normalized spacial score (nSPS) is 11.0. The van der Waals surface area contributed by atoms with Crippen molar-refractivity contribution in [3.63, 3.8) is 0 Å².